The predicted molar refractivity (Wildman–Crippen MR) is 87.7 cm³/mol. The van der Waals surface area contributed by atoms with Crippen LogP contribution in [0, 0.1) is 11.6 Å². The van der Waals surface area contributed by atoms with Crippen molar-refractivity contribution < 1.29 is 23.1 Å². The number of nitrogens with one attached hydrogen (secondary N) is 2. The maximum Gasteiger partial charge on any atom is 0.414 e. The van der Waals surface area contributed by atoms with E-state index in [0.29, 0.717) is 26.2 Å². The van der Waals surface area contributed by atoms with E-state index < -0.39 is 23.8 Å². The van der Waals surface area contributed by atoms with Gasteiger partial charge in [-0.05, 0) is 0 Å². The lowest BCUT2D eigenvalue weighted by Crippen LogP contribution is -2.44. The van der Waals surface area contributed by atoms with E-state index in [9.17, 15) is 18.4 Å². The number of hydrogen-bond acceptors (Lipinski definition) is 5. The van der Waals surface area contributed by atoms with Gasteiger partial charge in [-0.1, -0.05) is 0 Å². The SMILES string of the molecule is CC(=O)NC[C@H]1CN(c2cc(F)c(N3CCNCC3)c(F)c2)C(=O)O1. The molecule has 2 aliphatic heterocycles. The van der Waals surface area contributed by atoms with Crippen LogP contribution in [0.1, 0.15) is 6.92 Å². The molecule has 1 aromatic rings. The zero-order chi connectivity index (χ0) is 18.0. The number of halogens is 2. The van der Waals surface area contributed by atoms with Crippen molar-refractivity contribution in [3.8, 4) is 0 Å². The third kappa shape index (κ3) is 3.81. The average molecular weight is 354 g/mol. The molecule has 136 valence electrons. The van der Waals surface area contributed by atoms with Gasteiger partial charge >= 0.3 is 6.09 Å². The zero-order valence-electron chi connectivity index (χ0n) is 13.8. The minimum Gasteiger partial charge on any atom is -0.442 e. The largest absolute Gasteiger partial charge is 0.442 e. The van der Waals surface area contributed by atoms with Gasteiger partial charge in [-0.25, -0.2) is 13.6 Å². The molecule has 2 aliphatic rings. The Kier molecular flexibility index (Phi) is 5.03. The lowest BCUT2D eigenvalue weighted by molar-refractivity contribution is -0.119. The van der Waals surface area contributed by atoms with E-state index in [1.54, 1.807) is 4.90 Å². The standard InChI is InChI=1S/C16H20F2N4O3/c1-10(23)20-8-12-9-22(16(24)25-12)11-6-13(17)15(14(18)7-11)21-4-2-19-3-5-21/h6-7,12,19H,2-5,8-9H2,1H3,(H,20,23)/t12-/m0/s1. The Balaban J connectivity index is 1.76. The van der Waals surface area contributed by atoms with E-state index >= 15 is 0 Å². The summed E-state index contributed by atoms with van der Waals surface area (Å²) in [5, 5.41) is 5.68. The second-order valence-corrected chi connectivity index (χ2v) is 6.05. The maximum atomic E-state index is 14.5. The lowest BCUT2D eigenvalue weighted by Gasteiger charge is -2.30. The van der Waals surface area contributed by atoms with Crippen LogP contribution >= 0.6 is 0 Å². The number of cyclic esters (lactones) is 1. The number of amides is 2. The van der Waals surface area contributed by atoms with Crippen molar-refractivity contribution in [3.63, 3.8) is 0 Å². The molecular weight excluding hydrogens is 334 g/mol. The average Bonchev–Trinajstić information content (AvgIpc) is 2.94. The minimum atomic E-state index is -0.713. The molecule has 0 saturated carbocycles. The first-order valence-corrected chi connectivity index (χ1v) is 8.13. The molecule has 9 heteroatoms. The van der Waals surface area contributed by atoms with Gasteiger partial charge in [0.1, 0.15) is 11.8 Å². The van der Waals surface area contributed by atoms with Crippen molar-refractivity contribution >= 4 is 23.4 Å². The molecule has 2 N–H and O–H groups in total. The predicted octanol–water partition coefficient (Wildman–Crippen LogP) is 0.836. The molecular formula is C16H20F2N4O3. The van der Waals surface area contributed by atoms with Crippen LogP contribution in [-0.4, -0.2) is 57.4 Å². The van der Waals surface area contributed by atoms with Gasteiger partial charge in [0.2, 0.25) is 5.91 Å². The van der Waals surface area contributed by atoms with Gasteiger partial charge in [-0.15, -0.1) is 0 Å². The van der Waals surface area contributed by atoms with E-state index in [4.69, 9.17) is 4.74 Å². The van der Waals surface area contributed by atoms with Gasteiger partial charge in [0.25, 0.3) is 0 Å². The molecule has 1 atom stereocenters. The van der Waals surface area contributed by atoms with Crippen LogP contribution in [0.5, 0.6) is 0 Å². The summed E-state index contributed by atoms with van der Waals surface area (Å²) in [7, 11) is 0. The Morgan fingerprint density at radius 2 is 1.96 bits per heavy atom. The Morgan fingerprint density at radius 1 is 1.32 bits per heavy atom. The first kappa shape index (κ1) is 17.4. The highest BCUT2D eigenvalue weighted by Gasteiger charge is 2.33. The molecule has 0 aromatic heterocycles. The minimum absolute atomic E-state index is 0.0763. The van der Waals surface area contributed by atoms with Crippen LogP contribution in [0.15, 0.2) is 12.1 Å². The summed E-state index contributed by atoms with van der Waals surface area (Å²) in [6.07, 6.45) is -1.25. The first-order chi connectivity index (χ1) is 12.0. The van der Waals surface area contributed by atoms with Crippen molar-refractivity contribution in [3.05, 3.63) is 23.8 Å². The molecule has 0 aliphatic carbocycles. The highest BCUT2D eigenvalue weighted by atomic mass is 19.1. The van der Waals surface area contributed by atoms with Crippen LogP contribution < -0.4 is 20.4 Å². The number of carbonyl (C=O) groups excluding carboxylic acids is 2. The van der Waals surface area contributed by atoms with E-state index in [2.05, 4.69) is 10.6 Å². The molecule has 25 heavy (non-hydrogen) atoms. The van der Waals surface area contributed by atoms with Gasteiger partial charge in [-0.2, -0.15) is 0 Å². The van der Waals surface area contributed by atoms with Crippen LogP contribution in [0.3, 0.4) is 0 Å². The number of piperazine rings is 1. The molecule has 2 heterocycles. The van der Waals surface area contributed by atoms with Crippen molar-refractivity contribution in [2.75, 3.05) is 49.1 Å². The summed E-state index contributed by atoms with van der Waals surface area (Å²) in [4.78, 5) is 25.7. The monoisotopic (exact) mass is 354 g/mol. The molecule has 7 nitrogen and oxygen atoms in total. The molecule has 1 aromatic carbocycles. The lowest BCUT2D eigenvalue weighted by atomic mass is 10.2. The summed E-state index contributed by atoms with van der Waals surface area (Å²) < 4.78 is 34.1. The van der Waals surface area contributed by atoms with Crippen molar-refractivity contribution in [2.45, 2.75) is 13.0 Å². The molecule has 2 fully saturated rings. The second kappa shape index (κ2) is 7.22. The summed E-state index contributed by atoms with van der Waals surface area (Å²) in [5.74, 6) is -1.67. The normalized spacial score (nSPS) is 20.6. The number of carbonyl (C=O) groups is 2. The molecule has 0 spiro atoms. The molecule has 2 saturated heterocycles. The Labute approximate surface area is 143 Å². The number of nitrogens with zero attached hydrogens (tertiary/aromatic N) is 2. The number of hydrogen-bond donors (Lipinski definition) is 2. The third-order valence-electron chi connectivity index (χ3n) is 4.20. The fourth-order valence-corrected chi connectivity index (χ4v) is 2.99. The van der Waals surface area contributed by atoms with Crippen LogP contribution in [-0.2, 0) is 9.53 Å². The quantitative estimate of drug-likeness (QED) is 0.838. The van der Waals surface area contributed by atoms with Crippen LogP contribution in [0.25, 0.3) is 0 Å². The molecule has 3 rings (SSSR count). The number of anilines is 2. The molecule has 0 radical (unpaired) electrons. The number of benzene rings is 1. The van der Waals surface area contributed by atoms with Gasteiger partial charge in [0, 0.05) is 45.2 Å². The topological polar surface area (TPSA) is 73.9 Å². The van der Waals surface area contributed by atoms with Gasteiger partial charge in [0.05, 0.1) is 18.8 Å². The first-order valence-electron chi connectivity index (χ1n) is 8.13. The molecule has 2 amide bonds. The van der Waals surface area contributed by atoms with E-state index in [0.717, 1.165) is 12.1 Å². The van der Waals surface area contributed by atoms with Crippen LogP contribution in [0.4, 0.5) is 25.0 Å². The Morgan fingerprint density at radius 3 is 2.56 bits per heavy atom. The number of ether oxygens (including phenoxy) is 1. The highest BCUT2D eigenvalue weighted by molar-refractivity contribution is 5.90. The Bertz CT molecular complexity index is 656. The van der Waals surface area contributed by atoms with E-state index in [-0.39, 0.29) is 30.4 Å². The Hall–Kier alpha value is -2.42. The fourth-order valence-electron chi connectivity index (χ4n) is 2.99. The second-order valence-electron chi connectivity index (χ2n) is 6.05. The van der Waals surface area contributed by atoms with E-state index in [1.807, 2.05) is 0 Å². The maximum absolute atomic E-state index is 14.5. The van der Waals surface area contributed by atoms with Crippen LogP contribution in [0.2, 0.25) is 0 Å². The smallest absolute Gasteiger partial charge is 0.414 e. The number of rotatable bonds is 4. The zero-order valence-corrected chi connectivity index (χ0v) is 13.8. The summed E-state index contributed by atoms with van der Waals surface area (Å²) in [6.45, 7) is 3.96. The third-order valence-corrected chi connectivity index (χ3v) is 4.20. The van der Waals surface area contributed by atoms with Crippen molar-refractivity contribution in [1.29, 1.82) is 0 Å². The van der Waals surface area contributed by atoms with Gasteiger partial charge in [0.15, 0.2) is 11.6 Å². The van der Waals surface area contributed by atoms with Crippen molar-refractivity contribution in [2.24, 2.45) is 0 Å². The highest BCUT2D eigenvalue weighted by Crippen LogP contribution is 2.31. The van der Waals surface area contributed by atoms with Gasteiger partial charge in [-0.3, -0.25) is 9.69 Å². The summed E-state index contributed by atoms with van der Waals surface area (Å²) >= 11 is 0. The fraction of sp³-hybridized carbons (Fsp3) is 0.500. The van der Waals surface area contributed by atoms with E-state index in [1.165, 1.54) is 11.8 Å². The summed E-state index contributed by atoms with van der Waals surface area (Å²) in [6, 6.07) is 2.28. The summed E-state index contributed by atoms with van der Waals surface area (Å²) in [5.41, 5.74) is 0.0248. The molecule has 0 bridgehead atoms. The molecule has 0 unspecified atom stereocenters. The van der Waals surface area contributed by atoms with Crippen molar-refractivity contribution in [1.82, 2.24) is 10.6 Å². The van der Waals surface area contributed by atoms with Gasteiger partial charge < -0.3 is 20.3 Å².